The van der Waals surface area contributed by atoms with E-state index in [1.807, 2.05) is 36.0 Å². The van der Waals surface area contributed by atoms with Crippen LogP contribution in [0, 0.1) is 0 Å². The van der Waals surface area contributed by atoms with Crippen LogP contribution in [0.5, 0.6) is 0 Å². The molecule has 3 rings (SSSR count). The number of aromatic nitrogens is 2. The highest BCUT2D eigenvalue weighted by Crippen LogP contribution is 2.35. The molecule has 2 aromatic rings. The van der Waals surface area contributed by atoms with Crippen LogP contribution in [0.15, 0.2) is 40.6 Å². The number of nitrogens with zero attached hydrogens (tertiary/aromatic N) is 2. The molecule has 0 spiro atoms. The van der Waals surface area contributed by atoms with Crippen molar-refractivity contribution in [2.45, 2.75) is 29.4 Å². The molecule has 5 nitrogen and oxygen atoms in total. The first-order valence-corrected chi connectivity index (χ1v) is 7.84. The molecule has 1 unspecified atom stereocenters. The lowest BCUT2D eigenvalue weighted by molar-refractivity contribution is -0.117. The smallest absolute Gasteiger partial charge is 0.246 e. The van der Waals surface area contributed by atoms with Crippen LogP contribution in [0.4, 0.5) is 5.69 Å². The van der Waals surface area contributed by atoms with Crippen LogP contribution in [0.1, 0.15) is 24.9 Å². The number of hydrogen-bond acceptors (Lipinski definition) is 4. The third-order valence-electron chi connectivity index (χ3n) is 3.44. The maximum atomic E-state index is 12.0. The number of aryl methyl sites for hydroxylation is 1. The van der Waals surface area contributed by atoms with E-state index in [4.69, 9.17) is 0 Å². The summed E-state index contributed by atoms with van der Waals surface area (Å²) in [5.74, 6) is 0.0255. The van der Waals surface area contributed by atoms with E-state index in [0.717, 1.165) is 34.3 Å². The molecule has 0 radical (unpaired) electrons. The van der Waals surface area contributed by atoms with E-state index < -0.39 is 0 Å². The molecule has 0 fully saturated rings. The largest absolute Gasteiger partial charge is 0.329 e. The van der Waals surface area contributed by atoms with Crippen molar-refractivity contribution in [3.8, 4) is 0 Å². The molecule has 0 bridgehead atoms. The van der Waals surface area contributed by atoms with E-state index in [-0.39, 0.29) is 11.9 Å². The average molecular weight is 302 g/mol. The van der Waals surface area contributed by atoms with Crippen LogP contribution < -0.4 is 10.6 Å². The number of carbonyl (C=O) groups excluding carboxylic acids is 1. The summed E-state index contributed by atoms with van der Waals surface area (Å²) in [4.78, 5) is 17.4. The molecule has 1 atom stereocenters. The second-order valence-electron chi connectivity index (χ2n) is 5.05. The summed E-state index contributed by atoms with van der Waals surface area (Å²) in [6.45, 7) is 2.93. The average Bonchev–Trinajstić information content (AvgIpc) is 3.00. The van der Waals surface area contributed by atoms with Crippen molar-refractivity contribution in [3.05, 3.63) is 36.2 Å². The Morgan fingerprint density at radius 1 is 1.48 bits per heavy atom. The highest BCUT2D eigenvalue weighted by molar-refractivity contribution is 7.99. The molecular weight excluding hydrogens is 284 g/mol. The van der Waals surface area contributed by atoms with Crippen molar-refractivity contribution >= 4 is 23.4 Å². The number of carbonyl (C=O) groups is 1. The van der Waals surface area contributed by atoms with Gasteiger partial charge in [-0.25, -0.2) is 4.98 Å². The van der Waals surface area contributed by atoms with Crippen molar-refractivity contribution in [2.24, 2.45) is 7.05 Å². The van der Waals surface area contributed by atoms with Gasteiger partial charge in [-0.15, -0.1) is 0 Å². The summed E-state index contributed by atoms with van der Waals surface area (Å²) >= 11 is 1.59. The van der Waals surface area contributed by atoms with Crippen molar-refractivity contribution in [1.29, 1.82) is 0 Å². The Hall–Kier alpha value is -1.79. The lowest BCUT2D eigenvalue weighted by Gasteiger charge is -2.10. The molecular formula is C15H18N4OS. The quantitative estimate of drug-likeness (QED) is 0.891. The Kier molecular flexibility index (Phi) is 3.98. The Balaban J connectivity index is 1.81. The third-order valence-corrected chi connectivity index (χ3v) is 4.51. The Bertz CT molecular complexity index is 667. The molecule has 2 N–H and O–H groups in total. The maximum absolute atomic E-state index is 12.0. The summed E-state index contributed by atoms with van der Waals surface area (Å²) in [7, 11) is 1.97. The van der Waals surface area contributed by atoms with Gasteiger partial charge in [0.05, 0.1) is 0 Å². The first kappa shape index (κ1) is 14.2. The molecule has 1 aliphatic rings. The van der Waals surface area contributed by atoms with Crippen LogP contribution in [0.2, 0.25) is 0 Å². The van der Waals surface area contributed by atoms with E-state index in [1.165, 1.54) is 0 Å². The Morgan fingerprint density at radius 3 is 3.05 bits per heavy atom. The van der Waals surface area contributed by atoms with Crippen molar-refractivity contribution in [2.75, 3.05) is 11.9 Å². The minimum Gasteiger partial charge on any atom is -0.329 e. The number of fused-ring (bicyclic) bond motifs is 1. The lowest BCUT2D eigenvalue weighted by Crippen LogP contribution is -2.27. The topological polar surface area (TPSA) is 59.0 Å². The molecule has 110 valence electrons. The number of anilines is 1. The van der Waals surface area contributed by atoms with E-state index in [9.17, 15) is 4.79 Å². The Labute approximate surface area is 128 Å². The zero-order valence-corrected chi connectivity index (χ0v) is 12.9. The van der Waals surface area contributed by atoms with E-state index in [2.05, 4.69) is 22.5 Å². The predicted molar refractivity (Wildman–Crippen MR) is 83.4 cm³/mol. The van der Waals surface area contributed by atoms with Gasteiger partial charge in [-0.1, -0.05) is 24.8 Å². The van der Waals surface area contributed by atoms with Gasteiger partial charge in [0.2, 0.25) is 5.91 Å². The van der Waals surface area contributed by atoms with Gasteiger partial charge in [0, 0.05) is 35.6 Å². The lowest BCUT2D eigenvalue weighted by atomic mass is 10.1. The zero-order valence-electron chi connectivity index (χ0n) is 12.1. The first-order chi connectivity index (χ1) is 10.2. The highest BCUT2D eigenvalue weighted by atomic mass is 32.2. The molecule has 1 aromatic carbocycles. The fraction of sp³-hybridized carbons (Fsp3) is 0.333. The van der Waals surface area contributed by atoms with Gasteiger partial charge in [0.25, 0.3) is 0 Å². The van der Waals surface area contributed by atoms with E-state index >= 15 is 0 Å². The summed E-state index contributed by atoms with van der Waals surface area (Å²) < 4.78 is 1.97. The van der Waals surface area contributed by atoms with Crippen LogP contribution in [-0.4, -0.2) is 22.0 Å². The van der Waals surface area contributed by atoms with Crippen LogP contribution >= 0.6 is 11.8 Å². The number of rotatable bonds is 5. The van der Waals surface area contributed by atoms with Gasteiger partial charge < -0.3 is 15.2 Å². The van der Waals surface area contributed by atoms with Gasteiger partial charge in [-0.05, 0) is 25.1 Å². The minimum absolute atomic E-state index is 0.0255. The van der Waals surface area contributed by atoms with Gasteiger partial charge >= 0.3 is 0 Å². The van der Waals surface area contributed by atoms with Gasteiger partial charge in [-0.3, -0.25) is 4.79 Å². The Morgan fingerprint density at radius 2 is 2.33 bits per heavy atom. The number of benzene rings is 1. The number of hydrogen-bond donors (Lipinski definition) is 2. The monoisotopic (exact) mass is 302 g/mol. The summed E-state index contributed by atoms with van der Waals surface area (Å²) in [5.41, 5.74) is 1.92. The molecule has 6 heteroatoms. The summed E-state index contributed by atoms with van der Waals surface area (Å²) in [5, 5.41) is 7.16. The molecule has 21 heavy (non-hydrogen) atoms. The molecule has 1 aromatic heterocycles. The van der Waals surface area contributed by atoms with Crippen LogP contribution in [0.3, 0.4) is 0 Å². The fourth-order valence-corrected chi connectivity index (χ4v) is 3.19. The first-order valence-electron chi connectivity index (χ1n) is 7.02. The van der Waals surface area contributed by atoms with Gasteiger partial charge in [0.15, 0.2) is 5.16 Å². The maximum Gasteiger partial charge on any atom is 0.246 e. The molecule has 0 saturated heterocycles. The predicted octanol–water partition coefficient (Wildman–Crippen LogP) is 2.56. The second-order valence-corrected chi connectivity index (χ2v) is 6.09. The van der Waals surface area contributed by atoms with E-state index in [0.29, 0.717) is 0 Å². The molecule has 1 amide bonds. The van der Waals surface area contributed by atoms with Crippen LogP contribution in [0.25, 0.3) is 0 Å². The van der Waals surface area contributed by atoms with Crippen molar-refractivity contribution in [1.82, 2.24) is 14.9 Å². The van der Waals surface area contributed by atoms with E-state index in [1.54, 1.807) is 18.0 Å². The van der Waals surface area contributed by atoms with Crippen molar-refractivity contribution < 1.29 is 4.79 Å². The zero-order chi connectivity index (χ0) is 14.8. The highest BCUT2D eigenvalue weighted by Gasteiger charge is 2.29. The summed E-state index contributed by atoms with van der Waals surface area (Å²) in [6, 6.07) is 5.85. The van der Waals surface area contributed by atoms with Gasteiger partial charge in [0.1, 0.15) is 6.04 Å². The third kappa shape index (κ3) is 2.82. The number of amides is 1. The molecule has 0 saturated carbocycles. The molecule has 1 aliphatic heterocycles. The minimum atomic E-state index is -0.229. The fourth-order valence-electron chi connectivity index (χ4n) is 2.35. The summed E-state index contributed by atoms with van der Waals surface area (Å²) in [6.07, 6.45) is 4.70. The SMILES string of the molecule is CCCNC1C(=O)Nc2cc(Sc3nccn3C)ccc21. The standard InChI is InChI=1S/C15H18N4OS/c1-3-6-16-13-11-5-4-10(9-12(11)18-14(13)20)21-15-17-7-8-19(15)2/h4-5,7-9,13,16H,3,6H2,1-2H3,(H,18,20). The normalized spacial score (nSPS) is 16.9. The molecule has 2 heterocycles. The van der Waals surface area contributed by atoms with Crippen molar-refractivity contribution in [3.63, 3.8) is 0 Å². The number of imidazole rings is 1. The second kappa shape index (κ2) is 5.91. The number of nitrogens with one attached hydrogen (secondary N) is 2. The van der Waals surface area contributed by atoms with Gasteiger partial charge in [-0.2, -0.15) is 0 Å². The molecule has 0 aliphatic carbocycles. The van der Waals surface area contributed by atoms with Crippen LogP contribution in [-0.2, 0) is 11.8 Å².